The highest BCUT2D eigenvalue weighted by atomic mass is 16.5. The molecule has 1 aromatic carbocycles. The first-order chi connectivity index (χ1) is 12.2. The van der Waals surface area contributed by atoms with Gasteiger partial charge in [0.1, 0.15) is 17.7 Å². The summed E-state index contributed by atoms with van der Waals surface area (Å²) < 4.78 is 10.9. The SMILES string of the molecule is CC[C@@H]1CN2CCc3cc(OC)c(OC)cc3[C@@H]2CC1=C(C#N)C#N. The molecule has 5 nitrogen and oxygen atoms in total. The molecule has 2 aliphatic rings. The highest BCUT2D eigenvalue weighted by Crippen LogP contribution is 2.45. The molecule has 25 heavy (non-hydrogen) atoms. The third kappa shape index (κ3) is 2.97. The molecule has 0 amide bonds. The lowest BCUT2D eigenvalue weighted by atomic mass is 9.78. The van der Waals surface area contributed by atoms with Crippen LogP contribution < -0.4 is 9.47 Å². The molecule has 2 aliphatic heterocycles. The van der Waals surface area contributed by atoms with Gasteiger partial charge in [-0.1, -0.05) is 6.92 Å². The van der Waals surface area contributed by atoms with E-state index in [2.05, 4.69) is 36.1 Å². The molecule has 2 heterocycles. The summed E-state index contributed by atoms with van der Waals surface area (Å²) in [6.07, 6.45) is 2.66. The second kappa shape index (κ2) is 7.17. The number of allylic oxidation sites excluding steroid dienone is 1. The third-order valence-corrected chi connectivity index (χ3v) is 5.51. The van der Waals surface area contributed by atoms with Crippen LogP contribution in [0.4, 0.5) is 0 Å². The maximum Gasteiger partial charge on any atom is 0.161 e. The normalized spacial score (nSPS) is 22.2. The predicted molar refractivity (Wildman–Crippen MR) is 94.2 cm³/mol. The molecule has 0 spiro atoms. The average Bonchev–Trinajstić information content (AvgIpc) is 2.67. The summed E-state index contributed by atoms with van der Waals surface area (Å²) in [5, 5.41) is 18.7. The maximum atomic E-state index is 9.35. The van der Waals surface area contributed by atoms with E-state index in [9.17, 15) is 10.5 Å². The fourth-order valence-corrected chi connectivity index (χ4v) is 4.16. The summed E-state index contributed by atoms with van der Waals surface area (Å²) in [5.41, 5.74) is 3.80. The van der Waals surface area contributed by atoms with Crippen LogP contribution in [0.3, 0.4) is 0 Å². The Morgan fingerprint density at radius 3 is 2.48 bits per heavy atom. The van der Waals surface area contributed by atoms with Gasteiger partial charge in [-0.2, -0.15) is 10.5 Å². The lowest BCUT2D eigenvalue weighted by molar-refractivity contribution is 0.129. The second-order valence-corrected chi connectivity index (χ2v) is 6.60. The summed E-state index contributed by atoms with van der Waals surface area (Å²) in [7, 11) is 3.30. The van der Waals surface area contributed by atoms with Crippen molar-refractivity contribution in [2.45, 2.75) is 32.2 Å². The summed E-state index contributed by atoms with van der Waals surface area (Å²) in [4.78, 5) is 2.48. The first-order valence-electron chi connectivity index (χ1n) is 8.68. The van der Waals surface area contributed by atoms with Crippen molar-refractivity contribution >= 4 is 0 Å². The lowest BCUT2D eigenvalue weighted by Gasteiger charge is -2.45. The molecule has 0 aromatic heterocycles. The Bertz CT molecular complexity index is 769. The molecule has 2 atom stereocenters. The molecule has 0 unspecified atom stereocenters. The van der Waals surface area contributed by atoms with E-state index >= 15 is 0 Å². The van der Waals surface area contributed by atoms with Crippen molar-refractivity contribution < 1.29 is 9.47 Å². The van der Waals surface area contributed by atoms with Crippen LogP contribution in [0, 0.1) is 28.6 Å². The van der Waals surface area contributed by atoms with E-state index in [1.807, 2.05) is 0 Å². The zero-order chi connectivity index (χ0) is 18.0. The quantitative estimate of drug-likeness (QED) is 0.791. The summed E-state index contributed by atoms with van der Waals surface area (Å²) >= 11 is 0. The van der Waals surface area contributed by atoms with Crippen LogP contribution in [-0.2, 0) is 6.42 Å². The molecule has 0 aliphatic carbocycles. The Balaban J connectivity index is 2.06. The number of nitriles is 2. The number of fused-ring (bicyclic) bond motifs is 3. The summed E-state index contributed by atoms with van der Waals surface area (Å²) in [5.74, 6) is 1.77. The minimum absolute atomic E-state index is 0.193. The van der Waals surface area contributed by atoms with E-state index in [0.29, 0.717) is 5.57 Å². The van der Waals surface area contributed by atoms with Crippen LogP contribution in [0.25, 0.3) is 0 Å². The van der Waals surface area contributed by atoms with Gasteiger partial charge in [0.05, 0.1) is 14.2 Å². The number of ether oxygens (including phenoxy) is 2. The largest absolute Gasteiger partial charge is 0.493 e. The van der Waals surface area contributed by atoms with Crippen molar-refractivity contribution in [2.24, 2.45) is 5.92 Å². The van der Waals surface area contributed by atoms with Gasteiger partial charge in [-0.15, -0.1) is 0 Å². The molecular weight excluding hydrogens is 314 g/mol. The number of hydrogen-bond acceptors (Lipinski definition) is 5. The Hall–Kier alpha value is -2.50. The number of piperidine rings is 1. The molecule has 0 saturated carbocycles. The minimum Gasteiger partial charge on any atom is -0.493 e. The molecule has 0 radical (unpaired) electrons. The van der Waals surface area contributed by atoms with Crippen molar-refractivity contribution in [1.82, 2.24) is 4.90 Å². The predicted octanol–water partition coefficient (Wildman–Crippen LogP) is 3.38. The molecule has 0 bridgehead atoms. The van der Waals surface area contributed by atoms with Crippen molar-refractivity contribution in [2.75, 3.05) is 27.3 Å². The fourth-order valence-electron chi connectivity index (χ4n) is 4.16. The van der Waals surface area contributed by atoms with E-state index in [-0.39, 0.29) is 12.0 Å². The van der Waals surface area contributed by atoms with Crippen LogP contribution in [-0.4, -0.2) is 32.2 Å². The van der Waals surface area contributed by atoms with Gasteiger partial charge >= 0.3 is 0 Å². The molecule has 1 aromatic rings. The highest BCUT2D eigenvalue weighted by molar-refractivity contribution is 5.51. The number of rotatable bonds is 3. The van der Waals surface area contributed by atoms with Gasteiger partial charge < -0.3 is 9.47 Å². The molecule has 5 heteroatoms. The number of benzene rings is 1. The van der Waals surface area contributed by atoms with E-state index in [0.717, 1.165) is 49.4 Å². The molecule has 130 valence electrons. The van der Waals surface area contributed by atoms with E-state index in [1.165, 1.54) is 11.1 Å². The van der Waals surface area contributed by atoms with Crippen molar-refractivity contribution in [3.05, 3.63) is 34.4 Å². The maximum absolute atomic E-state index is 9.35. The Morgan fingerprint density at radius 1 is 1.20 bits per heavy atom. The average molecular weight is 337 g/mol. The molecule has 0 N–H and O–H groups in total. The standard InChI is InChI=1S/C20H23N3O2/c1-4-13-12-23-6-5-14-7-19(24-2)20(25-3)9-17(14)18(23)8-16(13)15(10-21)11-22/h7,9,13,18H,4-6,8,12H2,1-3H3/t13-,18+/m1/s1. The zero-order valence-corrected chi connectivity index (χ0v) is 15.0. The van der Waals surface area contributed by atoms with Gasteiger partial charge in [0, 0.05) is 19.1 Å². The van der Waals surface area contributed by atoms with Gasteiger partial charge in [0.15, 0.2) is 11.5 Å². The van der Waals surface area contributed by atoms with Crippen LogP contribution in [0.1, 0.15) is 36.9 Å². The van der Waals surface area contributed by atoms with Crippen LogP contribution in [0.15, 0.2) is 23.3 Å². The molecular formula is C20H23N3O2. The van der Waals surface area contributed by atoms with Crippen molar-refractivity contribution in [1.29, 1.82) is 10.5 Å². The summed E-state index contributed by atoms with van der Waals surface area (Å²) in [6.45, 7) is 4.02. The second-order valence-electron chi connectivity index (χ2n) is 6.60. The number of methoxy groups -OCH3 is 2. The summed E-state index contributed by atoms with van der Waals surface area (Å²) in [6, 6.07) is 8.52. The first-order valence-corrected chi connectivity index (χ1v) is 8.68. The van der Waals surface area contributed by atoms with Crippen LogP contribution in [0.5, 0.6) is 11.5 Å². The van der Waals surface area contributed by atoms with Gasteiger partial charge in [0.2, 0.25) is 0 Å². The van der Waals surface area contributed by atoms with Gasteiger partial charge in [-0.05, 0) is 54.0 Å². The minimum atomic E-state index is 0.193. The van der Waals surface area contributed by atoms with E-state index < -0.39 is 0 Å². The van der Waals surface area contributed by atoms with Crippen molar-refractivity contribution in [3.8, 4) is 23.6 Å². The third-order valence-electron chi connectivity index (χ3n) is 5.51. The topological polar surface area (TPSA) is 69.3 Å². The van der Waals surface area contributed by atoms with Gasteiger partial charge in [0.25, 0.3) is 0 Å². The van der Waals surface area contributed by atoms with Gasteiger partial charge in [-0.3, -0.25) is 4.90 Å². The highest BCUT2D eigenvalue weighted by Gasteiger charge is 2.37. The first kappa shape index (κ1) is 17.3. The molecule has 1 saturated heterocycles. The van der Waals surface area contributed by atoms with Crippen LogP contribution in [0.2, 0.25) is 0 Å². The number of nitrogens with zero attached hydrogens (tertiary/aromatic N) is 3. The Morgan fingerprint density at radius 2 is 1.88 bits per heavy atom. The monoisotopic (exact) mass is 337 g/mol. The van der Waals surface area contributed by atoms with Gasteiger partial charge in [-0.25, -0.2) is 0 Å². The fraction of sp³-hybridized carbons (Fsp3) is 0.500. The lowest BCUT2D eigenvalue weighted by Crippen LogP contribution is -2.43. The van der Waals surface area contributed by atoms with E-state index in [4.69, 9.17) is 9.47 Å². The smallest absolute Gasteiger partial charge is 0.161 e. The van der Waals surface area contributed by atoms with E-state index in [1.54, 1.807) is 14.2 Å². The zero-order valence-electron chi connectivity index (χ0n) is 15.0. The number of hydrogen-bond donors (Lipinski definition) is 0. The molecule has 1 fully saturated rings. The Labute approximate surface area is 149 Å². The molecule has 3 rings (SSSR count). The van der Waals surface area contributed by atoms with Crippen LogP contribution >= 0.6 is 0 Å². The van der Waals surface area contributed by atoms with Crippen molar-refractivity contribution in [3.63, 3.8) is 0 Å². The Kier molecular flexibility index (Phi) is 4.97.